The molecule has 60 valence electrons. The molecule has 0 N–H and O–H groups in total. The molecular weight excluding hydrogens is 147 g/mol. The van der Waals surface area contributed by atoms with Crippen LogP contribution in [-0.4, -0.2) is 15.2 Å². The minimum atomic E-state index is 0. The van der Waals surface area contributed by atoms with Crippen molar-refractivity contribution in [2.24, 2.45) is 0 Å². The summed E-state index contributed by atoms with van der Waals surface area (Å²) in [5.41, 5.74) is 1.52. The van der Waals surface area contributed by atoms with Crippen molar-refractivity contribution in [1.29, 1.82) is 0 Å². The van der Waals surface area contributed by atoms with E-state index in [1.165, 1.54) is 10.8 Å². The van der Waals surface area contributed by atoms with Crippen molar-refractivity contribution in [2.75, 3.05) is 0 Å². The van der Waals surface area contributed by atoms with Gasteiger partial charge in [-0.3, -0.25) is 0 Å². The molecule has 0 nitrogen and oxygen atoms in total. The van der Waals surface area contributed by atoms with Crippen LogP contribution in [0.5, 0.6) is 0 Å². The van der Waals surface area contributed by atoms with Crippen molar-refractivity contribution in [3.05, 3.63) is 35.9 Å². The molecule has 1 aromatic carbocycles. The molecule has 0 aliphatic carbocycles. The number of rotatable bonds is 3. The van der Waals surface area contributed by atoms with Crippen LogP contribution in [0.3, 0.4) is 0 Å². The van der Waals surface area contributed by atoms with Crippen LogP contribution in [0.4, 0.5) is 0 Å². The fraction of sp³-hybridized carbons (Fsp3) is 0.400. The van der Waals surface area contributed by atoms with Crippen LogP contribution in [0.2, 0.25) is 4.78 Å². The van der Waals surface area contributed by atoms with Gasteiger partial charge in [-0.1, -0.05) is 59.8 Å². The molecule has 0 aliphatic rings. The average Bonchev–Trinajstić information content (AvgIpc) is 2.03. The van der Waals surface area contributed by atoms with Crippen molar-refractivity contribution in [3.63, 3.8) is 0 Å². The predicted octanol–water partition coefficient (Wildman–Crippen LogP) is 2.70. The van der Waals surface area contributed by atoms with Crippen molar-refractivity contribution < 1.29 is 1.43 Å². The lowest BCUT2D eigenvalue weighted by Gasteiger charge is -2.00. The SMILES string of the molecule is C[CH](C)[AlH][CH2]c1ccccc1.[HH]. The Bertz CT molecular complexity index is 196. The number of hydrogen-bond donors (Lipinski definition) is 0. The van der Waals surface area contributed by atoms with E-state index in [9.17, 15) is 0 Å². The van der Waals surface area contributed by atoms with Crippen LogP contribution in [0.15, 0.2) is 30.3 Å². The third kappa shape index (κ3) is 3.60. The highest BCUT2D eigenvalue weighted by molar-refractivity contribution is 6.36. The van der Waals surface area contributed by atoms with E-state index in [-0.39, 0.29) is 16.6 Å². The maximum atomic E-state index is 2.33. The molecule has 0 atom stereocenters. The molecule has 0 aromatic heterocycles. The molecule has 0 saturated carbocycles. The molecule has 0 saturated heterocycles. The van der Waals surface area contributed by atoms with E-state index in [4.69, 9.17) is 0 Å². The van der Waals surface area contributed by atoms with Gasteiger partial charge in [-0.25, -0.2) is 0 Å². The molecular formula is C10H17Al. The first-order valence-electron chi connectivity index (χ1n) is 4.33. The van der Waals surface area contributed by atoms with Crippen molar-refractivity contribution >= 4 is 15.2 Å². The van der Waals surface area contributed by atoms with Gasteiger partial charge < -0.3 is 0 Å². The zero-order chi connectivity index (χ0) is 8.10. The minimum absolute atomic E-state index is 0. The lowest BCUT2D eigenvalue weighted by molar-refractivity contribution is 1.04. The van der Waals surface area contributed by atoms with Gasteiger partial charge in [-0.15, -0.1) is 0 Å². The fourth-order valence-corrected chi connectivity index (χ4v) is 2.34. The van der Waals surface area contributed by atoms with E-state index in [1.807, 2.05) is 0 Å². The molecule has 0 heterocycles. The highest BCUT2D eigenvalue weighted by Crippen LogP contribution is 2.04. The lowest BCUT2D eigenvalue weighted by atomic mass is 10.2. The number of hydrogen-bond acceptors (Lipinski definition) is 0. The van der Waals surface area contributed by atoms with Crippen LogP contribution in [0, 0.1) is 0 Å². The van der Waals surface area contributed by atoms with Gasteiger partial charge in [0.05, 0.1) is 0 Å². The van der Waals surface area contributed by atoms with Gasteiger partial charge in [0.25, 0.3) is 0 Å². The van der Waals surface area contributed by atoms with Gasteiger partial charge in [-0.2, -0.15) is 0 Å². The summed E-state index contributed by atoms with van der Waals surface area (Å²) in [6.07, 6.45) is 0. The summed E-state index contributed by atoms with van der Waals surface area (Å²) in [5.74, 6) is 0. The monoisotopic (exact) mass is 164 g/mol. The molecule has 0 bridgehead atoms. The molecule has 0 radical (unpaired) electrons. The molecule has 0 fully saturated rings. The Hall–Kier alpha value is -0.248. The van der Waals surface area contributed by atoms with Crippen LogP contribution in [-0.2, 0) is 5.28 Å². The Balaban J connectivity index is 0.00000121. The Morgan fingerprint density at radius 2 is 1.91 bits per heavy atom. The third-order valence-corrected chi connectivity index (χ3v) is 3.87. The van der Waals surface area contributed by atoms with Crippen LogP contribution < -0.4 is 0 Å². The van der Waals surface area contributed by atoms with Gasteiger partial charge in [0.1, 0.15) is 0 Å². The van der Waals surface area contributed by atoms with Crippen molar-refractivity contribution in [3.8, 4) is 0 Å². The Labute approximate surface area is 76.8 Å². The van der Waals surface area contributed by atoms with Gasteiger partial charge in [0.2, 0.25) is 15.2 Å². The van der Waals surface area contributed by atoms with Gasteiger partial charge in [0.15, 0.2) is 0 Å². The summed E-state index contributed by atoms with van der Waals surface area (Å²) in [6, 6.07) is 10.8. The number of benzene rings is 1. The van der Waals surface area contributed by atoms with Gasteiger partial charge in [-0.05, 0) is 0 Å². The molecule has 1 rings (SSSR count). The van der Waals surface area contributed by atoms with E-state index in [0.29, 0.717) is 0 Å². The van der Waals surface area contributed by atoms with E-state index in [0.717, 1.165) is 4.78 Å². The largest absolute Gasteiger partial charge is 0.246 e. The average molecular weight is 164 g/mol. The summed E-state index contributed by atoms with van der Waals surface area (Å²) >= 11 is 0.148. The zero-order valence-electron chi connectivity index (χ0n) is 7.38. The van der Waals surface area contributed by atoms with Crippen LogP contribution in [0.1, 0.15) is 20.8 Å². The molecule has 0 aliphatic heterocycles. The lowest BCUT2D eigenvalue weighted by Crippen LogP contribution is -1.99. The Kier molecular flexibility index (Phi) is 3.69. The molecule has 1 heteroatoms. The van der Waals surface area contributed by atoms with E-state index < -0.39 is 0 Å². The summed E-state index contributed by atoms with van der Waals surface area (Å²) in [5, 5.41) is 1.36. The maximum Gasteiger partial charge on any atom is 0.246 e. The summed E-state index contributed by atoms with van der Waals surface area (Å²) in [6.45, 7) is 4.66. The Morgan fingerprint density at radius 3 is 2.45 bits per heavy atom. The second-order valence-electron chi connectivity index (χ2n) is 3.42. The maximum absolute atomic E-state index is 2.33. The standard InChI is InChI=1S/C7H7.C3H7.Al.H2.H/c1-7-5-3-2-4-6-7;1-3-2;;;/h2-6H,1H2;3H,1-2H3;;1H;. The second-order valence-corrected chi connectivity index (χ2v) is 6.13. The van der Waals surface area contributed by atoms with Crippen LogP contribution in [0.25, 0.3) is 0 Å². The predicted molar refractivity (Wildman–Crippen MR) is 54.5 cm³/mol. The van der Waals surface area contributed by atoms with E-state index in [2.05, 4.69) is 44.2 Å². The summed E-state index contributed by atoms with van der Waals surface area (Å²) in [7, 11) is 0. The van der Waals surface area contributed by atoms with Crippen molar-refractivity contribution in [2.45, 2.75) is 23.9 Å². The normalized spacial score (nSPS) is 10.1. The molecule has 1 aromatic rings. The first-order chi connectivity index (χ1) is 5.29. The summed E-state index contributed by atoms with van der Waals surface area (Å²) < 4.78 is 0.954. The topological polar surface area (TPSA) is 0 Å². The highest BCUT2D eigenvalue weighted by Gasteiger charge is 1.99. The zero-order valence-corrected chi connectivity index (χ0v) is 8.79. The fourth-order valence-electron chi connectivity index (χ4n) is 1.10. The quantitative estimate of drug-likeness (QED) is 0.602. The van der Waals surface area contributed by atoms with E-state index >= 15 is 0 Å². The second kappa shape index (κ2) is 4.59. The van der Waals surface area contributed by atoms with Crippen molar-refractivity contribution in [1.82, 2.24) is 0 Å². The van der Waals surface area contributed by atoms with E-state index in [1.54, 1.807) is 0 Å². The molecule has 0 spiro atoms. The van der Waals surface area contributed by atoms with Gasteiger partial charge >= 0.3 is 0 Å². The minimum Gasteiger partial charge on any atom is -0.0911 e. The highest BCUT2D eigenvalue weighted by atomic mass is 27.1. The molecule has 0 unspecified atom stereocenters. The van der Waals surface area contributed by atoms with Gasteiger partial charge in [0, 0.05) is 1.43 Å². The van der Waals surface area contributed by atoms with Crippen LogP contribution >= 0.6 is 0 Å². The molecule has 11 heavy (non-hydrogen) atoms. The first-order valence-corrected chi connectivity index (χ1v) is 6.14. The summed E-state index contributed by atoms with van der Waals surface area (Å²) in [4.78, 5) is 0. The smallest absolute Gasteiger partial charge is 0.0911 e. The first kappa shape index (κ1) is 8.85. The molecule has 0 amide bonds. The Morgan fingerprint density at radius 1 is 1.27 bits per heavy atom. The third-order valence-electron chi connectivity index (χ3n) is 1.85.